The fourth-order valence-corrected chi connectivity index (χ4v) is 0.932. The van der Waals surface area contributed by atoms with Crippen molar-refractivity contribution in [2.45, 2.75) is 17.5 Å². The molecule has 0 aliphatic rings. The van der Waals surface area contributed by atoms with Crippen molar-refractivity contribution in [3.63, 3.8) is 0 Å². The zero-order valence-electron chi connectivity index (χ0n) is 6.14. The van der Waals surface area contributed by atoms with Gasteiger partial charge < -0.3 is 5.11 Å². The minimum atomic E-state index is -5.67. The maximum absolute atomic E-state index is 12.3. The Kier molecular flexibility index (Phi) is 2.95. The Labute approximate surface area is 70.1 Å². The van der Waals surface area contributed by atoms with Gasteiger partial charge in [-0.15, -0.1) is 0 Å². The van der Waals surface area contributed by atoms with Crippen LogP contribution in [-0.4, -0.2) is 37.3 Å². The summed E-state index contributed by atoms with van der Waals surface area (Å²) in [5.74, 6) is 0. The average molecular weight is 228 g/mol. The average Bonchev–Trinajstić information content (AvgIpc) is 1.81. The number of hydrogen-bond donors (Lipinski definition) is 1. The molecule has 1 atom stereocenters. The molecule has 0 heterocycles. The highest BCUT2D eigenvalue weighted by Crippen LogP contribution is 2.35. The maximum atomic E-state index is 12.3. The predicted octanol–water partition coefficient (Wildman–Crippen LogP) is 0.547. The van der Waals surface area contributed by atoms with Crippen molar-refractivity contribution >= 4 is 9.84 Å². The highest BCUT2D eigenvalue weighted by Gasteiger charge is 2.61. The van der Waals surface area contributed by atoms with E-state index in [0.29, 0.717) is 0 Å². The molecule has 0 spiro atoms. The fourth-order valence-electron chi connectivity index (χ4n) is 0.393. The Morgan fingerprint density at radius 1 is 1.15 bits per heavy atom. The molecule has 0 rings (SSSR count). The first-order valence-corrected chi connectivity index (χ1v) is 4.62. The minimum Gasteiger partial charge on any atom is -0.378 e. The lowest BCUT2D eigenvalue weighted by molar-refractivity contribution is -0.247. The Bertz CT molecular complexity index is 279. The summed E-state index contributed by atoms with van der Waals surface area (Å²) in [5.41, 5.74) is 0. The molecule has 0 amide bonds. The molecular formula is C4H5F5O3S. The zero-order valence-corrected chi connectivity index (χ0v) is 6.96. The Hall–Kier alpha value is -0.440. The van der Waals surface area contributed by atoms with E-state index in [1.165, 1.54) is 0 Å². The summed E-state index contributed by atoms with van der Waals surface area (Å²) in [6.45, 7) is 0. The molecule has 1 unspecified atom stereocenters. The summed E-state index contributed by atoms with van der Waals surface area (Å²) < 4.78 is 79.2. The van der Waals surface area contributed by atoms with Crippen molar-refractivity contribution < 1.29 is 35.5 Å². The van der Waals surface area contributed by atoms with Gasteiger partial charge in [0.25, 0.3) is 0 Å². The van der Waals surface area contributed by atoms with Crippen LogP contribution in [0.25, 0.3) is 0 Å². The van der Waals surface area contributed by atoms with Gasteiger partial charge in [-0.2, -0.15) is 22.0 Å². The molecule has 1 N–H and O–H groups in total. The largest absolute Gasteiger partial charge is 0.421 e. The highest BCUT2D eigenvalue weighted by atomic mass is 32.2. The van der Waals surface area contributed by atoms with Crippen LogP contribution in [0.2, 0.25) is 0 Å². The molecule has 0 bridgehead atoms. The van der Waals surface area contributed by atoms with Crippen molar-refractivity contribution in [1.29, 1.82) is 0 Å². The molecule has 0 aliphatic carbocycles. The smallest absolute Gasteiger partial charge is 0.378 e. The van der Waals surface area contributed by atoms with Gasteiger partial charge in [0, 0.05) is 6.26 Å². The standard InChI is InChI=1S/C4H5F5O3S/c1-13(11,12)4(8,9)2(10)3(5,6)7/h2,10H,1H3. The second kappa shape index (κ2) is 3.05. The summed E-state index contributed by atoms with van der Waals surface area (Å²) in [6, 6.07) is 0. The first-order valence-electron chi connectivity index (χ1n) is 2.73. The Morgan fingerprint density at radius 3 is 1.54 bits per heavy atom. The molecule has 9 heteroatoms. The van der Waals surface area contributed by atoms with Gasteiger partial charge in [-0.3, -0.25) is 0 Å². The third-order valence-electron chi connectivity index (χ3n) is 1.12. The zero-order chi connectivity index (χ0) is 11.1. The van der Waals surface area contributed by atoms with Gasteiger partial charge in [-0.05, 0) is 0 Å². The summed E-state index contributed by atoms with van der Waals surface area (Å²) in [4.78, 5) is 0. The highest BCUT2D eigenvalue weighted by molar-refractivity contribution is 7.91. The Balaban J connectivity index is 5.09. The maximum Gasteiger partial charge on any atom is 0.421 e. The van der Waals surface area contributed by atoms with Crippen LogP contribution in [0, 0.1) is 0 Å². The van der Waals surface area contributed by atoms with Gasteiger partial charge in [0.1, 0.15) is 0 Å². The van der Waals surface area contributed by atoms with E-state index in [1.807, 2.05) is 0 Å². The van der Waals surface area contributed by atoms with Gasteiger partial charge in [0.15, 0.2) is 0 Å². The number of aliphatic hydroxyl groups excluding tert-OH is 1. The number of hydrogen-bond acceptors (Lipinski definition) is 3. The SMILES string of the molecule is CS(=O)(=O)C(F)(F)C(O)C(F)(F)F. The molecule has 0 aliphatic heterocycles. The first kappa shape index (κ1) is 12.6. The van der Waals surface area contributed by atoms with Crippen molar-refractivity contribution in [1.82, 2.24) is 0 Å². The lowest BCUT2D eigenvalue weighted by Crippen LogP contribution is -2.49. The molecule has 0 saturated carbocycles. The first-order chi connectivity index (χ1) is 5.40. The van der Waals surface area contributed by atoms with E-state index in [9.17, 15) is 30.4 Å². The van der Waals surface area contributed by atoms with Crippen molar-refractivity contribution in [3.05, 3.63) is 0 Å². The summed E-state index contributed by atoms with van der Waals surface area (Å²) >= 11 is 0. The van der Waals surface area contributed by atoms with E-state index in [4.69, 9.17) is 5.11 Å². The molecule has 13 heavy (non-hydrogen) atoms. The molecule has 80 valence electrons. The van der Waals surface area contributed by atoms with Crippen LogP contribution < -0.4 is 0 Å². The number of alkyl halides is 5. The molecule has 0 fully saturated rings. The second-order valence-corrected chi connectivity index (χ2v) is 4.37. The molecule has 3 nitrogen and oxygen atoms in total. The molecular weight excluding hydrogens is 223 g/mol. The number of rotatable bonds is 2. The van der Waals surface area contributed by atoms with Crippen LogP contribution in [0.5, 0.6) is 0 Å². The van der Waals surface area contributed by atoms with E-state index >= 15 is 0 Å². The quantitative estimate of drug-likeness (QED) is 0.702. The second-order valence-electron chi connectivity index (χ2n) is 2.28. The lowest BCUT2D eigenvalue weighted by atomic mass is 10.4. The third-order valence-corrected chi connectivity index (χ3v) is 2.33. The van der Waals surface area contributed by atoms with Crippen LogP contribution in [-0.2, 0) is 9.84 Å². The summed E-state index contributed by atoms with van der Waals surface area (Å²) in [5, 5.41) is 2.78. The van der Waals surface area contributed by atoms with Crippen molar-refractivity contribution in [2.24, 2.45) is 0 Å². The van der Waals surface area contributed by atoms with Crippen LogP contribution in [0.15, 0.2) is 0 Å². The topological polar surface area (TPSA) is 54.4 Å². The summed E-state index contributed by atoms with van der Waals surface area (Å²) in [6.07, 6.45) is -9.97. The van der Waals surface area contributed by atoms with E-state index in [-0.39, 0.29) is 6.26 Å². The van der Waals surface area contributed by atoms with Gasteiger partial charge in [-0.25, -0.2) is 8.42 Å². The van der Waals surface area contributed by atoms with Crippen LogP contribution in [0.3, 0.4) is 0 Å². The predicted molar refractivity (Wildman–Crippen MR) is 31.9 cm³/mol. The number of aliphatic hydroxyl groups is 1. The minimum absolute atomic E-state index is 0.0953. The number of halogens is 5. The summed E-state index contributed by atoms with van der Waals surface area (Å²) in [7, 11) is -5.29. The third kappa shape index (κ3) is 2.50. The van der Waals surface area contributed by atoms with Crippen molar-refractivity contribution in [3.8, 4) is 0 Å². The lowest BCUT2D eigenvalue weighted by Gasteiger charge is -2.22. The van der Waals surface area contributed by atoms with Gasteiger partial charge in [0.05, 0.1) is 0 Å². The normalized spacial score (nSPS) is 17.2. The fraction of sp³-hybridized carbons (Fsp3) is 1.00. The van der Waals surface area contributed by atoms with Crippen LogP contribution >= 0.6 is 0 Å². The van der Waals surface area contributed by atoms with E-state index in [0.717, 1.165) is 0 Å². The monoisotopic (exact) mass is 228 g/mol. The van der Waals surface area contributed by atoms with Gasteiger partial charge in [0.2, 0.25) is 15.9 Å². The Morgan fingerprint density at radius 2 is 1.46 bits per heavy atom. The molecule has 0 aromatic heterocycles. The molecule has 0 aromatic carbocycles. The van der Waals surface area contributed by atoms with Gasteiger partial charge >= 0.3 is 11.4 Å². The van der Waals surface area contributed by atoms with Gasteiger partial charge in [-0.1, -0.05) is 0 Å². The molecule has 0 saturated heterocycles. The van der Waals surface area contributed by atoms with E-state index < -0.39 is 27.4 Å². The van der Waals surface area contributed by atoms with Crippen molar-refractivity contribution in [2.75, 3.05) is 6.26 Å². The molecule has 0 aromatic rings. The molecule has 0 radical (unpaired) electrons. The van der Waals surface area contributed by atoms with Crippen LogP contribution in [0.1, 0.15) is 0 Å². The van der Waals surface area contributed by atoms with E-state index in [2.05, 4.69) is 0 Å². The number of sulfone groups is 1. The van der Waals surface area contributed by atoms with E-state index in [1.54, 1.807) is 0 Å². The van der Waals surface area contributed by atoms with Crippen LogP contribution in [0.4, 0.5) is 22.0 Å².